The number of esters is 1. The van der Waals surface area contributed by atoms with Gasteiger partial charge in [0, 0.05) is 12.3 Å². The Morgan fingerprint density at radius 3 is 2.79 bits per heavy atom. The van der Waals surface area contributed by atoms with Gasteiger partial charge in [0.15, 0.2) is 5.78 Å². The topological polar surface area (TPSA) is 63.6 Å². The van der Waals surface area contributed by atoms with Gasteiger partial charge in [0.2, 0.25) is 0 Å². The fourth-order valence-electron chi connectivity index (χ4n) is 3.50. The lowest BCUT2D eigenvalue weighted by Crippen LogP contribution is -2.15. The highest BCUT2D eigenvalue weighted by Crippen LogP contribution is 2.27. The molecule has 4 heteroatoms. The first-order valence-corrected chi connectivity index (χ1v) is 10.9. The predicted octanol–water partition coefficient (Wildman–Crippen LogP) is 5.17. The summed E-state index contributed by atoms with van der Waals surface area (Å²) in [6, 6.07) is 0. The lowest BCUT2D eigenvalue weighted by molar-refractivity contribution is -0.143. The summed E-state index contributed by atoms with van der Waals surface area (Å²) in [6.07, 6.45) is 18.1. The Morgan fingerprint density at radius 2 is 2.07 bits per heavy atom. The molecule has 0 saturated carbocycles. The molecule has 1 N–H and O–H groups in total. The number of carbonyl (C=O) groups is 2. The van der Waals surface area contributed by atoms with Gasteiger partial charge in [0.1, 0.15) is 0 Å². The van der Waals surface area contributed by atoms with Gasteiger partial charge in [0.25, 0.3) is 0 Å². The molecule has 0 saturated heterocycles. The molecule has 0 amide bonds. The van der Waals surface area contributed by atoms with Gasteiger partial charge in [-0.25, -0.2) is 0 Å². The molecule has 0 fully saturated rings. The van der Waals surface area contributed by atoms with E-state index in [4.69, 9.17) is 4.74 Å². The summed E-state index contributed by atoms with van der Waals surface area (Å²) in [4.78, 5) is 23.4. The molecule has 1 aliphatic carbocycles. The zero-order valence-electron chi connectivity index (χ0n) is 17.8. The Labute approximate surface area is 170 Å². The van der Waals surface area contributed by atoms with E-state index in [1.807, 2.05) is 19.1 Å². The van der Waals surface area contributed by atoms with Gasteiger partial charge in [-0.3, -0.25) is 9.59 Å². The summed E-state index contributed by atoms with van der Waals surface area (Å²) < 4.78 is 4.91. The van der Waals surface area contributed by atoms with Crippen LogP contribution in [0.4, 0.5) is 0 Å². The van der Waals surface area contributed by atoms with Crippen LogP contribution >= 0.6 is 0 Å². The lowest BCUT2D eigenvalue weighted by atomic mass is 9.90. The quantitative estimate of drug-likeness (QED) is 0.252. The molecule has 28 heavy (non-hydrogen) atoms. The summed E-state index contributed by atoms with van der Waals surface area (Å²) in [5.41, 5.74) is 0. The van der Waals surface area contributed by atoms with E-state index in [0.717, 1.165) is 32.1 Å². The Hall–Kier alpha value is -1.68. The zero-order chi connectivity index (χ0) is 20.8. The molecule has 0 heterocycles. The van der Waals surface area contributed by atoms with Crippen LogP contribution < -0.4 is 0 Å². The summed E-state index contributed by atoms with van der Waals surface area (Å²) in [6.45, 7) is 6.59. The number of hydrogen-bond donors (Lipinski definition) is 1. The van der Waals surface area contributed by atoms with Crippen LogP contribution in [-0.4, -0.2) is 29.6 Å². The van der Waals surface area contributed by atoms with Crippen molar-refractivity contribution in [2.45, 2.75) is 78.2 Å². The number of aliphatic hydroxyl groups excluding tert-OH is 1. The number of unbranched alkanes of at least 4 members (excludes halogenated alkanes) is 2. The second-order valence-corrected chi connectivity index (χ2v) is 7.79. The molecule has 0 aliphatic heterocycles. The summed E-state index contributed by atoms with van der Waals surface area (Å²) >= 11 is 0. The molecule has 158 valence electrons. The molecule has 0 bridgehead atoms. The number of rotatable bonds is 14. The van der Waals surface area contributed by atoms with Crippen LogP contribution in [0.2, 0.25) is 0 Å². The van der Waals surface area contributed by atoms with E-state index in [2.05, 4.69) is 26.0 Å². The lowest BCUT2D eigenvalue weighted by Gasteiger charge is -2.16. The van der Waals surface area contributed by atoms with Crippen molar-refractivity contribution in [1.82, 2.24) is 0 Å². The van der Waals surface area contributed by atoms with Crippen molar-refractivity contribution in [3.8, 4) is 0 Å². The van der Waals surface area contributed by atoms with Crippen LogP contribution in [0.25, 0.3) is 0 Å². The maximum Gasteiger partial charge on any atom is 0.305 e. The molecule has 0 unspecified atom stereocenters. The second-order valence-electron chi connectivity index (χ2n) is 7.79. The molecule has 0 aromatic heterocycles. The highest BCUT2D eigenvalue weighted by molar-refractivity contribution is 5.95. The smallest absolute Gasteiger partial charge is 0.305 e. The van der Waals surface area contributed by atoms with Crippen molar-refractivity contribution in [3.05, 3.63) is 36.5 Å². The first-order valence-electron chi connectivity index (χ1n) is 10.9. The van der Waals surface area contributed by atoms with Crippen LogP contribution in [0, 0.1) is 17.8 Å². The summed E-state index contributed by atoms with van der Waals surface area (Å²) in [7, 11) is 0. The fraction of sp³-hybridized carbons (Fsp3) is 0.667. The average molecular weight is 391 g/mol. The zero-order valence-corrected chi connectivity index (χ0v) is 17.8. The Balaban J connectivity index is 2.37. The van der Waals surface area contributed by atoms with Crippen LogP contribution in [0.1, 0.15) is 72.1 Å². The van der Waals surface area contributed by atoms with E-state index >= 15 is 0 Å². The molecular formula is C24H38O4. The van der Waals surface area contributed by atoms with Gasteiger partial charge in [-0.2, -0.15) is 0 Å². The molecule has 1 rings (SSSR count). The van der Waals surface area contributed by atoms with E-state index < -0.39 is 6.10 Å². The van der Waals surface area contributed by atoms with Gasteiger partial charge in [-0.05, 0) is 50.5 Å². The molecular weight excluding hydrogens is 352 g/mol. The standard InChI is InChI=1S/C24H38O4/c1-4-6-11-19(3)18-21(25)15-16-22-20(14-17-23(22)26)12-9-7-8-10-13-24(27)28-5-2/h7,9,14-17,19-22,25H,4-6,8,10-13,18H2,1-3H3/b9-7-,16-15+/t19-,20-,21+,22+/m0/s1. The normalized spacial score (nSPS) is 21.6. The van der Waals surface area contributed by atoms with Crippen LogP contribution in [0.3, 0.4) is 0 Å². The second kappa shape index (κ2) is 14.3. The average Bonchev–Trinajstić information content (AvgIpc) is 3.01. The van der Waals surface area contributed by atoms with Crippen molar-refractivity contribution in [1.29, 1.82) is 0 Å². The minimum atomic E-state index is -0.487. The predicted molar refractivity (Wildman–Crippen MR) is 114 cm³/mol. The van der Waals surface area contributed by atoms with Crippen molar-refractivity contribution in [3.63, 3.8) is 0 Å². The van der Waals surface area contributed by atoms with Gasteiger partial charge in [-0.15, -0.1) is 0 Å². The molecule has 0 spiro atoms. The van der Waals surface area contributed by atoms with E-state index in [1.165, 1.54) is 12.8 Å². The molecule has 0 aromatic carbocycles. The third-order valence-electron chi connectivity index (χ3n) is 5.16. The van der Waals surface area contributed by atoms with E-state index in [0.29, 0.717) is 18.9 Å². The molecule has 1 aliphatic rings. The third-order valence-corrected chi connectivity index (χ3v) is 5.16. The van der Waals surface area contributed by atoms with Gasteiger partial charge in [-0.1, -0.05) is 63.5 Å². The first-order chi connectivity index (χ1) is 13.5. The minimum absolute atomic E-state index is 0.114. The number of hydrogen-bond acceptors (Lipinski definition) is 4. The van der Waals surface area contributed by atoms with Crippen molar-refractivity contribution in [2.24, 2.45) is 17.8 Å². The number of ketones is 1. The van der Waals surface area contributed by atoms with Gasteiger partial charge < -0.3 is 9.84 Å². The Morgan fingerprint density at radius 1 is 1.29 bits per heavy atom. The molecule has 4 atom stereocenters. The third kappa shape index (κ3) is 10.0. The summed E-state index contributed by atoms with van der Waals surface area (Å²) in [5, 5.41) is 10.2. The summed E-state index contributed by atoms with van der Waals surface area (Å²) in [5.74, 6) is 0.432. The maximum absolute atomic E-state index is 12.1. The Bertz CT molecular complexity index is 547. The maximum atomic E-state index is 12.1. The van der Waals surface area contributed by atoms with Gasteiger partial charge >= 0.3 is 5.97 Å². The fourth-order valence-corrected chi connectivity index (χ4v) is 3.50. The molecule has 4 nitrogen and oxygen atoms in total. The van der Waals surface area contributed by atoms with Crippen LogP contribution in [0.15, 0.2) is 36.5 Å². The largest absolute Gasteiger partial charge is 0.466 e. The van der Waals surface area contributed by atoms with Crippen molar-refractivity contribution < 1.29 is 19.4 Å². The molecule has 0 aromatic rings. The number of carbonyl (C=O) groups excluding carboxylic acids is 2. The van der Waals surface area contributed by atoms with Crippen LogP contribution in [-0.2, 0) is 14.3 Å². The SMILES string of the molecule is CCCC[C@H](C)C[C@H](O)/C=C/[C@H]1C(=O)C=C[C@@H]1C/C=C\CCCC(=O)OCC. The van der Waals surface area contributed by atoms with Crippen molar-refractivity contribution >= 4 is 11.8 Å². The number of ether oxygens (including phenoxy) is 1. The van der Waals surface area contributed by atoms with Crippen LogP contribution in [0.5, 0.6) is 0 Å². The van der Waals surface area contributed by atoms with Gasteiger partial charge in [0.05, 0.1) is 12.7 Å². The highest BCUT2D eigenvalue weighted by atomic mass is 16.5. The monoisotopic (exact) mass is 390 g/mol. The van der Waals surface area contributed by atoms with E-state index in [1.54, 1.807) is 12.2 Å². The highest BCUT2D eigenvalue weighted by Gasteiger charge is 2.27. The Kier molecular flexibility index (Phi) is 12.5. The van der Waals surface area contributed by atoms with E-state index in [-0.39, 0.29) is 23.6 Å². The minimum Gasteiger partial charge on any atom is -0.466 e. The molecule has 0 radical (unpaired) electrons. The number of allylic oxidation sites excluding steroid dienone is 5. The number of aliphatic hydroxyl groups is 1. The van der Waals surface area contributed by atoms with E-state index in [9.17, 15) is 14.7 Å². The first kappa shape index (κ1) is 24.4. The van der Waals surface area contributed by atoms with Crippen molar-refractivity contribution in [2.75, 3.05) is 6.61 Å².